The molecule has 6 nitrogen and oxygen atoms in total. The normalized spacial score (nSPS) is 20.2. The molecule has 7 heteroatoms. The second kappa shape index (κ2) is 7.39. The van der Waals surface area contributed by atoms with E-state index in [1.807, 2.05) is 6.07 Å². The van der Waals surface area contributed by atoms with E-state index in [-0.39, 0.29) is 5.56 Å². The Kier molecular flexibility index (Phi) is 5.77. The van der Waals surface area contributed by atoms with Crippen LogP contribution in [0.4, 0.5) is 0 Å². The first-order valence-electron chi connectivity index (χ1n) is 7.69. The number of hydrogen-bond acceptors (Lipinski definition) is 4. The maximum absolute atomic E-state index is 11.7. The molecule has 1 N–H and O–H groups in total. The molecule has 1 unspecified atom stereocenters. The number of nitrogens with one attached hydrogen (secondary N) is 1. The van der Waals surface area contributed by atoms with Gasteiger partial charge < -0.3 is 4.57 Å². The molecule has 1 aromatic heterocycles. The fourth-order valence-electron chi connectivity index (χ4n) is 2.93. The zero-order valence-corrected chi connectivity index (χ0v) is 14.1. The van der Waals surface area contributed by atoms with E-state index in [2.05, 4.69) is 9.62 Å². The lowest BCUT2D eigenvalue weighted by atomic mass is 9.98. The van der Waals surface area contributed by atoms with E-state index in [0.29, 0.717) is 12.6 Å². The van der Waals surface area contributed by atoms with Gasteiger partial charge in [0.05, 0.1) is 6.26 Å². The van der Waals surface area contributed by atoms with E-state index in [0.717, 1.165) is 37.9 Å². The topological polar surface area (TPSA) is 71.4 Å². The zero-order valence-electron chi connectivity index (χ0n) is 13.3. The molecule has 1 aliphatic rings. The molecule has 124 valence electrons. The molecule has 1 aromatic rings. The number of likely N-dealkylation sites (tertiary alicyclic amines) is 1. The molecule has 1 fully saturated rings. The average molecular weight is 327 g/mol. The lowest BCUT2D eigenvalue weighted by Gasteiger charge is -2.35. The summed E-state index contributed by atoms with van der Waals surface area (Å²) in [5.74, 6) is 0. The molecule has 0 radical (unpaired) electrons. The molecule has 2 rings (SSSR count). The predicted molar refractivity (Wildman–Crippen MR) is 87.2 cm³/mol. The highest BCUT2D eigenvalue weighted by Crippen LogP contribution is 2.21. The Morgan fingerprint density at radius 3 is 2.82 bits per heavy atom. The third-order valence-corrected chi connectivity index (χ3v) is 4.87. The quantitative estimate of drug-likeness (QED) is 0.834. The minimum atomic E-state index is -3.12. The third kappa shape index (κ3) is 5.23. The van der Waals surface area contributed by atoms with E-state index in [9.17, 15) is 13.2 Å². The number of pyridine rings is 1. The van der Waals surface area contributed by atoms with Gasteiger partial charge in [0.25, 0.3) is 5.56 Å². The van der Waals surface area contributed by atoms with Gasteiger partial charge in [0.2, 0.25) is 10.0 Å². The van der Waals surface area contributed by atoms with Gasteiger partial charge in [-0.15, -0.1) is 0 Å². The van der Waals surface area contributed by atoms with Gasteiger partial charge in [-0.3, -0.25) is 9.69 Å². The number of rotatable bonds is 6. The number of aromatic nitrogens is 1. The van der Waals surface area contributed by atoms with Gasteiger partial charge in [0.15, 0.2) is 0 Å². The first-order valence-corrected chi connectivity index (χ1v) is 9.58. The van der Waals surface area contributed by atoms with Gasteiger partial charge in [0.1, 0.15) is 0 Å². The Bertz CT molecular complexity index is 654. The van der Waals surface area contributed by atoms with Crippen molar-refractivity contribution in [2.45, 2.75) is 38.3 Å². The first-order chi connectivity index (χ1) is 10.3. The van der Waals surface area contributed by atoms with E-state index in [1.165, 1.54) is 12.7 Å². The van der Waals surface area contributed by atoms with Crippen LogP contribution in [0.25, 0.3) is 0 Å². The summed E-state index contributed by atoms with van der Waals surface area (Å²) >= 11 is 0. The molecule has 0 aliphatic carbocycles. The summed E-state index contributed by atoms with van der Waals surface area (Å²) < 4.78 is 26.4. The molecule has 0 aromatic carbocycles. The highest BCUT2D eigenvalue weighted by Gasteiger charge is 2.22. The average Bonchev–Trinajstić information content (AvgIpc) is 2.43. The van der Waals surface area contributed by atoms with Crippen molar-refractivity contribution < 1.29 is 8.42 Å². The lowest BCUT2D eigenvalue weighted by Crippen LogP contribution is -2.41. The molecule has 1 saturated heterocycles. The number of sulfonamides is 1. The Morgan fingerprint density at radius 1 is 1.36 bits per heavy atom. The summed E-state index contributed by atoms with van der Waals surface area (Å²) in [6, 6.07) is 4.02. The van der Waals surface area contributed by atoms with Crippen molar-refractivity contribution >= 4 is 10.0 Å². The SMILES string of the molecule is Cn1ccc(CN2CCCCC2CCNS(C)(=O)=O)cc1=O. The molecule has 0 saturated carbocycles. The molecular formula is C15H25N3O3S. The number of piperidine rings is 1. The van der Waals surface area contributed by atoms with Crippen LogP contribution < -0.4 is 10.3 Å². The molecule has 22 heavy (non-hydrogen) atoms. The van der Waals surface area contributed by atoms with E-state index in [4.69, 9.17) is 0 Å². The first kappa shape index (κ1) is 17.2. The molecular weight excluding hydrogens is 302 g/mol. The summed E-state index contributed by atoms with van der Waals surface area (Å²) in [5.41, 5.74) is 1.02. The van der Waals surface area contributed by atoms with Gasteiger partial charge in [-0.2, -0.15) is 0 Å². The lowest BCUT2D eigenvalue weighted by molar-refractivity contribution is 0.133. The molecule has 1 aliphatic heterocycles. The fourth-order valence-corrected chi connectivity index (χ4v) is 3.42. The summed E-state index contributed by atoms with van der Waals surface area (Å²) in [6.07, 6.45) is 7.19. The van der Waals surface area contributed by atoms with Gasteiger partial charge in [0, 0.05) is 38.4 Å². The van der Waals surface area contributed by atoms with Gasteiger partial charge >= 0.3 is 0 Å². The zero-order chi connectivity index (χ0) is 16.2. The van der Waals surface area contributed by atoms with Crippen molar-refractivity contribution in [2.75, 3.05) is 19.3 Å². The van der Waals surface area contributed by atoms with Gasteiger partial charge in [-0.1, -0.05) is 6.42 Å². The monoisotopic (exact) mass is 327 g/mol. The third-order valence-electron chi connectivity index (χ3n) is 4.15. The van der Waals surface area contributed by atoms with Crippen LogP contribution in [0.1, 0.15) is 31.2 Å². The Balaban J connectivity index is 1.97. The van der Waals surface area contributed by atoms with Crippen LogP contribution in [0.15, 0.2) is 23.1 Å². The van der Waals surface area contributed by atoms with E-state index >= 15 is 0 Å². The Hall–Kier alpha value is -1.18. The highest BCUT2D eigenvalue weighted by atomic mass is 32.2. The number of hydrogen-bond donors (Lipinski definition) is 1. The van der Waals surface area contributed by atoms with Crippen molar-refractivity contribution in [3.05, 3.63) is 34.2 Å². The minimum Gasteiger partial charge on any atom is -0.319 e. The van der Waals surface area contributed by atoms with Crippen LogP contribution in [0.3, 0.4) is 0 Å². The van der Waals surface area contributed by atoms with Crippen molar-refractivity contribution in [3.63, 3.8) is 0 Å². The van der Waals surface area contributed by atoms with E-state index in [1.54, 1.807) is 23.9 Å². The standard InChI is InChI=1S/C15H25N3O3S/c1-17-10-7-13(11-15(17)19)12-18-9-4-3-5-14(18)6-8-16-22(2,20)21/h7,10-11,14,16H,3-6,8-9,12H2,1-2H3. The van der Waals surface area contributed by atoms with E-state index < -0.39 is 10.0 Å². The minimum absolute atomic E-state index is 0.00445. The smallest absolute Gasteiger partial charge is 0.250 e. The van der Waals surface area contributed by atoms with Crippen LogP contribution in [0, 0.1) is 0 Å². The van der Waals surface area contributed by atoms with Crippen LogP contribution in [0.2, 0.25) is 0 Å². The largest absolute Gasteiger partial charge is 0.319 e. The summed E-state index contributed by atoms with van der Waals surface area (Å²) in [4.78, 5) is 14.1. The maximum atomic E-state index is 11.7. The number of nitrogens with zero attached hydrogens (tertiary/aromatic N) is 2. The fraction of sp³-hybridized carbons (Fsp3) is 0.667. The van der Waals surface area contributed by atoms with Crippen molar-refractivity contribution in [1.29, 1.82) is 0 Å². The molecule has 0 bridgehead atoms. The van der Waals surface area contributed by atoms with Gasteiger partial charge in [-0.25, -0.2) is 13.1 Å². The van der Waals surface area contributed by atoms with Crippen molar-refractivity contribution in [3.8, 4) is 0 Å². The van der Waals surface area contributed by atoms with Crippen LogP contribution in [-0.2, 0) is 23.6 Å². The Morgan fingerprint density at radius 2 is 2.14 bits per heavy atom. The van der Waals surface area contributed by atoms with Gasteiger partial charge in [-0.05, 0) is 37.4 Å². The number of aryl methyl sites for hydroxylation is 1. The summed E-state index contributed by atoms with van der Waals surface area (Å²) in [6.45, 7) is 2.22. The predicted octanol–water partition coefficient (Wildman–Crippen LogP) is 0.679. The molecule has 0 spiro atoms. The van der Waals surface area contributed by atoms with Crippen molar-refractivity contribution in [1.82, 2.24) is 14.2 Å². The van der Waals surface area contributed by atoms with Crippen LogP contribution in [-0.4, -0.2) is 43.3 Å². The maximum Gasteiger partial charge on any atom is 0.250 e. The summed E-state index contributed by atoms with van der Waals surface area (Å²) in [5, 5.41) is 0. The molecule has 2 heterocycles. The highest BCUT2D eigenvalue weighted by molar-refractivity contribution is 7.88. The second-order valence-corrected chi connectivity index (χ2v) is 7.89. The van der Waals surface area contributed by atoms with Crippen molar-refractivity contribution in [2.24, 2.45) is 7.05 Å². The summed E-state index contributed by atoms with van der Waals surface area (Å²) in [7, 11) is -1.38. The molecule has 0 amide bonds. The Labute approximate surface area is 132 Å². The van der Waals surface area contributed by atoms with Crippen LogP contribution >= 0.6 is 0 Å². The second-order valence-electron chi connectivity index (χ2n) is 6.06. The van der Waals surface area contributed by atoms with Crippen LogP contribution in [0.5, 0.6) is 0 Å². The molecule has 1 atom stereocenters.